The second-order valence-corrected chi connectivity index (χ2v) is 10.2. The Labute approximate surface area is 140 Å². The van der Waals surface area contributed by atoms with Crippen molar-refractivity contribution in [2.75, 3.05) is 17.8 Å². The van der Waals surface area contributed by atoms with Gasteiger partial charge in [-0.1, -0.05) is 0 Å². The van der Waals surface area contributed by atoms with Crippen molar-refractivity contribution in [3.05, 3.63) is 42.5 Å². The van der Waals surface area contributed by atoms with E-state index in [0.29, 0.717) is 15.0 Å². The van der Waals surface area contributed by atoms with Gasteiger partial charge in [-0.2, -0.15) is 0 Å². The molecule has 2 aromatic carbocycles. The number of rotatable bonds is 2. The van der Waals surface area contributed by atoms with E-state index in [9.17, 15) is 4.79 Å². The maximum absolute atomic E-state index is 12.6. The number of hydrogen-bond acceptors (Lipinski definition) is 3. The average molecular weight is 378 g/mol. The normalized spacial score (nSPS) is 28.1. The molecule has 0 unspecified atom stereocenters. The van der Waals surface area contributed by atoms with Gasteiger partial charge in [-0.25, -0.2) is 0 Å². The summed E-state index contributed by atoms with van der Waals surface area (Å²) in [7, 11) is 1.66. The van der Waals surface area contributed by atoms with Crippen molar-refractivity contribution in [1.29, 1.82) is 0 Å². The predicted molar refractivity (Wildman–Crippen MR) is 92.6 cm³/mol. The first-order chi connectivity index (χ1) is 10.8. The summed E-state index contributed by atoms with van der Waals surface area (Å²) in [5.41, 5.74) is 1.01. The van der Waals surface area contributed by atoms with Gasteiger partial charge in [0.05, 0.1) is 0 Å². The van der Waals surface area contributed by atoms with E-state index in [4.69, 9.17) is 4.74 Å². The summed E-state index contributed by atoms with van der Waals surface area (Å²) in [6, 6.07) is 14.6. The van der Waals surface area contributed by atoms with E-state index in [2.05, 4.69) is 30.3 Å². The van der Waals surface area contributed by atoms with Crippen LogP contribution in [0.1, 0.15) is 6.42 Å². The van der Waals surface area contributed by atoms with Crippen LogP contribution in [0.2, 0.25) is 5.32 Å². The second-order valence-electron chi connectivity index (χ2n) is 5.50. The van der Waals surface area contributed by atoms with Crippen molar-refractivity contribution in [3.8, 4) is 0 Å². The third kappa shape index (κ3) is 2.03. The summed E-state index contributed by atoms with van der Waals surface area (Å²) in [6.07, 6.45) is 0.979. The summed E-state index contributed by atoms with van der Waals surface area (Å²) < 4.78 is 5.40. The third-order valence-electron chi connectivity index (χ3n) is 4.22. The van der Waals surface area contributed by atoms with Gasteiger partial charge in [-0.15, -0.1) is 0 Å². The van der Waals surface area contributed by atoms with Crippen molar-refractivity contribution >= 4 is 49.1 Å². The molecule has 0 bridgehead atoms. The van der Waals surface area contributed by atoms with Crippen LogP contribution >= 0.6 is 11.8 Å². The molecule has 0 aliphatic carbocycles. The van der Waals surface area contributed by atoms with E-state index in [1.165, 1.54) is 22.5 Å². The Hall–Kier alpha value is -1.00. The van der Waals surface area contributed by atoms with E-state index < -0.39 is 0 Å². The predicted octanol–water partition coefficient (Wildman–Crippen LogP) is 3.11. The van der Waals surface area contributed by atoms with E-state index in [1.807, 2.05) is 28.8 Å². The fourth-order valence-electron chi connectivity index (χ4n) is 3.17. The van der Waals surface area contributed by atoms with E-state index in [1.54, 1.807) is 7.11 Å². The zero-order chi connectivity index (χ0) is 15.2. The summed E-state index contributed by atoms with van der Waals surface area (Å²) in [5.74, 6) is 1.22. The van der Waals surface area contributed by atoms with Gasteiger partial charge in [-0.05, 0) is 0 Å². The van der Waals surface area contributed by atoms with Crippen LogP contribution in [0, 0.1) is 0 Å². The zero-order valence-electron chi connectivity index (χ0n) is 12.3. The van der Waals surface area contributed by atoms with Crippen LogP contribution < -0.4 is 4.90 Å². The Bertz CT molecular complexity index is 729. The van der Waals surface area contributed by atoms with Crippen molar-refractivity contribution < 1.29 is 9.53 Å². The number of benzene rings is 2. The number of carbonyl (C=O) groups is 1. The quantitative estimate of drug-likeness (QED) is 0.594. The molecule has 22 heavy (non-hydrogen) atoms. The molecule has 0 N–H and O–H groups in total. The van der Waals surface area contributed by atoms with Gasteiger partial charge in [0.25, 0.3) is 0 Å². The monoisotopic (exact) mass is 379 g/mol. The molecule has 114 valence electrons. The van der Waals surface area contributed by atoms with Gasteiger partial charge in [0.15, 0.2) is 0 Å². The topological polar surface area (TPSA) is 29.5 Å². The van der Waals surface area contributed by atoms with Crippen molar-refractivity contribution in [1.82, 2.24) is 0 Å². The van der Waals surface area contributed by atoms with Crippen LogP contribution in [-0.4, -0.2) is 43.6 Å². The molecule has 4 rings (SSSR count). The van der Waals surface area contributed by atoms with Crippen molar-refractivity contribution in [2.24, 2.45) is 0 Å². The minimum absolute atomic E-state index is 0.106. The van der Waals surface area contributed by atoms with Gasteiger partial charge in [-0.3, -0.25) is 0 Å². The molecule has 0 radical (unpaired) electrons. The molecule has 0 aromatic heterocycles. The molecule has 2 atom stereocenters. The van der Waals surface area contributed by atoms with Crippen LogP contribution in [-0.2, 0) is 9.53 Å². The molecule has 2 aliphatic heterocycles. The number of anilines is 1. The van der Waals surface area contributed by atoms with Crippen LogP contribution in [0.25, 0.3) is 10.8 Å². The van der Waals surface area contributed by atoms with Crippen LogP contribution in [0.15, 0.2) is 42.5 Å². The first-order valence-corrected chi connectivity index (χ1v) is 10.5. The first kappa shape index (κ1) is 14.6. The number of thioether (sulfide) groups is 1. The zero-order valence-corrected chi connectivity index (χ0v) is 14.8. The Balaban J connectivity index is 1.77. The number of methoxy groups -OCH3 is 1. The van der Waals surface area contributed by atoms with E-state index in [-0.39, 0.29) is 15.8 Å². The molecule has 2 aromatic rings. The fourth-order valence-corrected chi connectivity index (χ4v) is 9.03. The number of fused-ring (bicyclic) bond motifs is 1. The molecule has 1 amide bonds. The summed E-state index contributed by atoms with van der Waals surface area (Å²) in [5, 5.41) is 3.60. The fraction of sp³-hybridized carbons (Fsp3) is 0.353. The van der Waals surface area contributed by atoms with E-state index in [0.717, 1.165) is 11.4 Å². The molecular weight excluding hydrogens is 361 g/mol. The third-order valence-corrected chi connectivity index (χ3v) is 9.61. The van der Waals surface area contributed by atoms with Crippen molar-refractivity contribution in [3.63, 3.8) is 0 Å². The Morgan fingerprint density at radius 3 is 2.82 bits per heavy atom. The molecule has 5 heteroatoms. The summed E-state index contributed by atoms with van der Waals surface area (Å²) in [4.78, 5) is 14.6. The van der Waals surface area contributed by atoms with Crippen LogP contribution in [0.4, 0.5) is 5.69 Å². The Morgan fingerprint density at radius 2 is 2.09 bits per heavy atom. The SMILES string of the molecule is CO[C@@H]1C(=O)N(c2ccc3ccccc3c2)[C@@]12SCCC[Se]2. The molecule has 2 fully saturated rings. The standard InChI is InChI=1S/C17H17NO2SSe/c1-20-15-16(19)18(17(15)21-9-4-10-22-17)14-8-7-12-5-2-3-6-13(12)11-14/h2-3,5-8,11,15H,4,9-10H2,1H3/t15-,17-/m1/s1. The van der Waals surface area contributed by atoms with Crippen LogP contribution in [0.3, 0.4) is 0 Å². The minimum atomic E-state index is -0.274. The average Bonchev–Trinajstić information content (AvgIpc) is 2.56. The van der Waals surface area contributed by atoms with Crippen molar-refractivity contribution in [2.45, 2.75) is 21.6 Å². The van der Waals surface area contributed by atoms with Gasteiger partial charge < -0.3 is 0 Å². The maximum atomic E-state index is 12.6. The number of nitrogens with zero attached hydrogens (tertiary/aromatic N) is 1. The Morgan fingerprint density at radius 1 is 1.27 bits per heavy atom. The molecule has 1 spiro atoms. The molecule has 2 heterocycles. The number of ether oxygens (including phenoxy) is 1. The number of β-lactam (4-membered cyclic amide) rings is 1. The van der Waals surface area contributed by atoms with Gasteiger partial charge >= 0.3 is 140 Å². The molecule has 2 saturated heterocycles. The molecule has 0 saturated carbocycles. The van der Waals surface area contributed by atoms with Gasteiger partial charge in [0, 0.05) is 0 Å². The first-order valence-electron chi connectivity index (χ1n) is 7.40. The number of amides is 1. The molecule has 3 nitrogen and oxygen atoms in total. The van der Waals surface area contributed by atoms with Gasteiger partial charge in [0.2, 0.25) is 0 Å². The molecule has 2 aliphatic rings. The van der Waals surface area contributed by atoms with E-state index >= 15 is 0 Å². The van der Waals surface area contributed by atoms with Crippen LogP contribution in [0.5, 0.6) is 0 Å². The number of hydrogen-bond donors (Lipinski definition) is 0. The molecular formula is C17H17NO2SSe. The summed E-state index contributed by atoms with van der Waals surface area (Å²) >= 11 is 2.29. The summed E-state index contributed by atoms with van der Waals surface area (Å²) in [6.45, 7) is 0. The second kappa shape index (κ2) is 5.57. The van der Waals surface area contributed by atoms with Gasteiger partial charge in [0.1, 0.15) is 0 Å². The Kier molecular flexibility index (Phi) is 3.69. The number of carbonyl (C=O) groups excluding carboxylic acids is 1.